The third-order valence-electron chi connectivity index (χ3n) is 4.07. The molecule has 126 valence electrons. The normalized spacial score (nSPS) is 22.5. The topological polar surface area (TPSA) is 121 Å². The van der Waals surface area contributed by atoms with Gasteiger partial charge in [-0.15, -0.1) is 0 Å². The van der Waals surface area contributed by atoms with Gasteiger partial charge in [-0.1, -0.05) is 30.3 Å². The summed E-state index contributed by atoms with van der Waals surface area (Å²) in [6, 6.07) is 7.84. The highest BCUT2D eigenvalue weighted by molar-refractivity contribution is 7.86. The number of hydrogen-bond acceptors (Lipinski definition) is 4. The smallest absolute Gasteiger partial charge is 0.326 e. The van der Waals surface area contributed by atoms with Crippen molar-refractivity contribution in [2.75, 3.05) is 0 Å². The quantitative estimate of drug-likeness (QED) is 0.660. The van der Waals surface area contributed by atoms with Crippen LogP contribution in [0.4, 0.5) is 0 Å². The van der Waals surface area contributed by atoms with Crippen molar-refractivity contribution in [1.82, 2.24) is 5.32 Å². The molecular formula is C15H19NO6S. The third-order valence-corrected chi connectivity index (χ3v) is 5.34. The number of amides is 1. The van der Waals surface area contributed by atoms with Gasteiger partial charge in [0.25, 0.3) is 10.1 Å². The molecule has 1 aromatic rings. The molecule has 0 heterocycles. The van der Waals surface area contributed by atoms with E-state index in [2.05, 4.69) is 5.32 Å². The van der Waals surface area contributed by atoms with E-state index in [1.165, 1.54) is 0 Å². The molecule has 3 N–H and O–H groups in total. The van der Waals surface area contributed by atoms with Gasteiger partial charge in [-0.2, -0.15) is 8.42 Å². The van der Waals surface area contributed by atoms with Crippen LogP contribution in [0.1, 0.15) is 24.8 Å². The third kappa shape index (κ3) is 4.77. The maximum Gasteiger partial charge on any atom is 0.326 e. The number of nitrogens with one attached hydrogen (secondary N) is 1. The summed E-state index contributed by atoms with van der Waals surface area (Å²) in [5.74, 6) is -2.23. The lowest BCUT2D eigenvalue weighted by molar-refractivity contribution is -0.142. The molecule has 2 rings (SSSR count). The second kappa shape index (κ2) is 7.10. The van der Waals surface area contributed by atoms with Gasteiger partial charge >= 0.3 is 5.97 Å². The Morgan fingerprint density at radius 1 is 1.22 bits per heavy atom. The molecule has 8 heteroatoms. The van der Waals surface area contributed by atoms with E-state index in [4.69, 9.17) is 4.55 Å². The standard InChI is InChI=1S/C15H19NO6S/c17-14(11-6-7-12(9-11)23(20,21)22)16-13(15(18)19)8-10-4-2-1-3-5-10/h1-5,11-13H,6-9H2,(H,16,17)(H,18,19)(H,20,21,22)/t11-,12-,13-/m0/s1. The molecule has 23 heavy (non-hydrogen) atoms. The van der Waals surface area contributed by atoms with E-state index in [1.807, 2.05) is 6.07 Å². The van der Waals surface area contributed by atoms with Crippen molar-refractivity contribution in [3.05, 3.63) is 35.9 Å². The SMILES string of the molecule is O=C(N[C@@H](Cc1ccccc1)C(=O)O)[C@H]1CC[C@H](S(=O)(=O)O)C1. The predicted molar refractivity (Wildman–Crippen MR) is 82.4 cm³/mol. The predicted octanol–water partition coefficient (Wildman–Crippen LogP) is 0.855. The minimum absolute atomic E-state index is 0.0162. The summed E-state index contributed by atoms with van der Waals surface area (Å²) in [5.41, 5.74) is 0.780. The van der Waals surface area contributed by atoms with E-state index < -0.39 is 39.2 Å². The fraction of sp³-hybridized carbons (Fsp3) is 0.467. The first-order valence-electron chi connectivity index (χ1n) is 7.30. The zero-order valence-electron chi connectivity index (χ0n) is 12.4. The first-order valence-corrected chi connectivity index (χ1v) is 8.81. The van der Waals surface area contributed by atoms with E-state index in [1.54, 1.807) is 24.3 Å². The average molecular weight is 341 g/mol. The number of rotatable bonds is 6. The Bertz CT molecular complexity index is 672. The Kier molecular flexibility index (Phi) is 5.38. The Morgan fingerprint density at radius 3 is 2.39 bits per heavy atom. The van der Waals surface area contributed by atoms with Gasteiger partial charge in [0.15, 0.2) is 0 Å². The highest BCUT2D eigenvalue weighted by atomic mass is 32.2. The van der Waals surface area contributed by atoms with E-state index in [0.717, 1.165) is 5.56 Å². The lowest BCUT2D eigenvalue weighted by atomic mass is 10.0. The summed E-state index contributed by atoms with van der Waals surface area (Å²) in [6.45, 7) is 0. The van der Waals surface area contributed by atoms with Crippen molar-refractivity contribution in [2.45, 2.75) is 37.0 Å². The Morgan fingerprint density at radius 2 is 1.87 bits per heavy atom. The van der Waals surface area contributed by atoms with Crippen LogP contribution in [0.3, 0.4) is 0 Å². The zero-order chi connectivity index (χ0) is 17.0. The van der Waals surface area contributed by atoms with Crippen molar-refractivity contribution in [3.63, 3.8) is 0 Å². The highest BCUT2D eigenvalue weighted by Gasteiger charge is 2.37. The molecule has 0 unspecified atom stereocenters. The summed E-state index contributed by atoms with van der Waals surface area (Å²) in [5, 5.41) is 10.8. The minimum atomic E-state index is -4.16. The van der Waals surface area contributed by atoms with Gasteiger partial charge in [0.05, 0.1) is 5.25 Å². The second-order valence-electron chi connectivity index (χ2n) is 5.74. The molecule has 1 aromatic carbocycles. The molecule has 0 aliphatic heterocycles. The Labute approximate surface area is 134 Å². The summed E-state index contributed by atoms with van der Waals surface area (Å²) >= 11 is 0. The van der Waals surface area contributed by atoms with Gasteiger partial charge in [-0.3, -0.25) is 9.35 Å². The van der Waals surface area contributed by atoms with Gasteiger partial charge < -0.3 is 10.4 Å². The second-order valence-corrected chi connectivity index (χ2v) is 7.43. The van der Waals surface area contributed by atoms with Gasteiger partial charge in [0.2, 0.25) is 5.91 Å². The lowest BCUT2D eigenvalue weighted by Crippen LogP contribution is -2.44. The van der Waals surface area contributed by atoms with Crippen LogP contribution in [0.5, 0.6) is 0 Å². The highest BCUT2D eigenvalue weighted by Crippen LogP contribution is 2.30. The number of carboxylic acid groups (broad SMARTS) is 1. The Hall–Kier alpha value is -1.93. The van der Waals surface area contributed by atoms with E-state index in [0.29, 0.717) is 6.42 Å². The summed E-state index contributed by atoms with van der Waals surface area (Å²) in [7, 11) is -4.16. The fourth-order valence-corrected chi connectivity index (χ4v) is 3.70. The van der Waals surface area contributed by atoms with Crippen LogP contribution in [0.25, 0.3) is 0 Å². The van der Waals surface area contributed by atoms with E-state index in [-0.39, 0.29) is 19.3 Å². The number of carboxylic acids is 1. The van der Waals surface area contributed by atoms with Crippen LogP contribution in [0.2, 0.25) is 0 Å². The molecule has 1 amide bonds. The minimum Gasteiger partial charge on any atom is -0.480 e. The number of hydrogen-bond donors (Lipinski definition) is 3. The monoisotopic (exact) mass is 341 g/mol. The molecular weight excluding hydrogens is 322 g/mol. The van der Waals surface area contributed by atoms with Crippen LogP contribution in [0, 0.1) is 5.92 Å². The molecule has 3 atom stereocenters. The average Bonchev–Trinajstić information content (AvgIpc) is 2.97. The van der Waals surface area contributed by atoms with E-state index in [9.17, 15) is 23.1 Å². The van der Waals surface area contributed by atoms with Crippen LogP contribution >= 0.6 is 0 Å². The van der Waals surface area contributed by atoms with E-state index >= 15 is 0 Å². The summed E-state index contributed by atoms with van der Waals surface area (Å²) in [4.78, 5) is 23.5. The van der Waals surface area contributed by atoms with Gasteiger partial charge in [-0.25, -0.2) is 4.79 Å². The molecule has 1 saturated carbocycles. The van der Waals surface area contributed by atoms with Crippen molar-refractivity contribution >= 4 is 22.0 Å². The lowest BCUT2D eigenvalue weighted by Gasteiger charge is -2.17. The van der Waals surface area contributed by atoms with Crippen molar-refractivity contribution < 1.29 is 27.7 Å². The number of carbonyl (C=O) groups is 2. The molecule has 1 fully saturated rings. The molecule has 7 nitrogen and oxygen atoms in total. The number of benzene rings is 1. The molecule has 0 bridgehead atoms. The molecule has 0 saturated heterocycles. The fourth-order valence-electron chi connectivity index (χ4n) is 2.79. The van der Waals surface area contributed by atoms with Gasteiger partial charge in [-0.05, 0) is 24.8 Å². The molecule has 0 radical (unpaired) electrons. The largest absolute Gasteiger partial charge is 0.480 e. The van der Waals surface area contributed by atoms with Crippen molar-refractivity contribution in [3.8, 4) is 0 Å². The maximum absolute atomic E-state index is 12.2. The van der Waals surface area contributed by atoms with Crippen LogP contribution in [-0.2, 0) is 26.1 Å². The van der Waals surface area contributed by atoms with Gasteiger partial charge in [0, 0.05) is 12.3 Å². The Balaban J connectivity index is 1.98. The molecule has 0 spiro atoms. The first-order chi connectivity index (χ1) is 10.8. The maximum atomic E-state index is 12.2. The summed E-state index contributed by atoms with van der Waals surface area (Å²) in [6.07, 6.45) is 0.681. The van der Waals surface area contributed by atoms with Crippen LogP contribution < -0.4 is 5.32 Å². The van der Waals surface area contributed by atoms with Gasteiger partial charge in [0.1, 0.15) is 6.04 Å². The first kappa shape index (κ1) is 17.4. The number of carbonyl (C=O) groups excluding carboxylic acids is 1. The zero-order valence-corrected chi connectivity index (χ0v) is 13.2. The van der Waals surface area contributed by atoms with Crippen molar-refractivity contribution in [1.29, 1.82) is 0 Å². The molecule has 1 aliphatic carbocycles. The van der Waals surface area contributed by atoms with Crippen LogP contribution in [-0.4, -0.2) is 41.2 Å². The summed E-state index contributed by atoms with van der Waals surface area (Å²) < 4.78 is 31.2. The number of aliphatic carboxylic acids is 1. The molecule has 0 aromatic heterocycles. The van der Waals surface area contributed by atoms with Crippen molar-refractivity contribution in [2.24, 2.45) is 5.92 Å². The molecule has 1 aliphatic rings. The van der Waals surface area contributed by atoms with Crippen LogP contribution in [0.15, 0.2) is 30.3 Å².